The number of rotatable bonds is 4. The van der Waals surface area contributed by atoms with Gasteiger partial charge < -0.3 is 10.1 Å². The fourth-order valence-corrected chi connectivity index (χ4v) is 1.66. The summed E-state index contributed by atoms with van der Waals surface area (Å²) in [4.78, 5) is 20.3. The zero-order chi connectivity index (χ0) is 14.5. The quantitative estimate of drug-likeness (QED) is 0.891. The molecule has 104 valence electrons. The Kier molecular flexibility index (Phi) is 4.14. The van der Waals surface area contributed by atoms with Gasteiger partial charge in [-0.3, -0.25) is 10.1 Å². The second-order valence-corrected chi connectivity index (χ2v) is 4.16. The molecule has 0 unspecified atom stereocenters. The summed E-state index contributed by atoms with van der Waals surface area (Å²) in [7, 11) is 3.34. The van der Waals surface area contributed by atoms with E-state index in [-0.39, 0.29) is 11.9 Å². The summed E-state index contributed by atoms with van der Waals surface area (Å²) in [6.45, 7) is 1.81. The third kappa shape index (κ3) is 3.23. The van der Waals surface area contributed by atoms with Gasteiger partial charge in [0.1, 0.15) is 0 Å². The second-order valence-electron chi connectivity index (χ2n) is 4.16. The Morgan fingerprint density at radius 1 is 1.20 bits per heavy atom. The predicted octanol–water partition coefficient (Wildman–Crippen LogP) is 2.09. The van der Waals surface area contributed by atoms with Crippen molar-refractivity contribution >= 4 is 17.5 Å². The van der Waals surface area contributed by atoms with Crippen LogP contribution in [0.3, 0.4) is 0 Å². The standard InChI is InChI=1S/C14H16N4O2/c1-9-8-12(20-3)17-14(16-9)18-13(19)10-4-6-11(15-2)7-5-10/h4-8,15H,1-3H3,(H,16,17,18,19). The molecule has 0 aliphatic carbocycles. The molecule has 0 aliphatic rings. The van der Waals surface area contributed by atoms with Crippen molar-refractivity contribution in [1.82, 2.24) is 9.97 Å². The zero-order valence-electron chi connectivity index (χ0n) is 11.6. The van der Waals surface area contributed by atoms with E-state index in [2.05, 4.69) is 20.6 Å². The average molecular weight is 272 g/mol. The lowest BCUT2D eigenvalue weighted by Crippen LogP contribution is -2.14. The molecule has 0 bridgehead atoms. The van der Waals surface area contributed by atoms with Crippen molar-refractivity contribution < 1.29 is 9.53 Å². The van der Waals surface area contributed by atoms with Crippen LogP contribution < -0.4 is 15.4 Å². The van der Waals surface area contributed by atoms with E-state index in [0.29, 0.717) is 11.4 Å². The molecule has 2 aromatic rings. The number of aromatic nitrogens is 2. The first kappa shape index (κ1) is 13.8. The lowest BCUT2D eigenvalue weighted by atomic mass is 10.2. The van der Waals surface area contributed by atoms with Crippen molar-refractivity contribution in [3.8, 4) is 5.88 Å². The van der Waals surface area contributed by atoms with Gasteiger partial charge in [-0.2, -0.15) is 4.98 Å². The molecule has 0 spiro atoms. The first-order valence-corrected chi connectivity index (χ1v) is 6.11. The third-order valence-electron chi connectivity index (χ3n) is 2.70. The normalized spacial score (nSPS) is 9.95. The Balaban J connectivity index is 2.16. The van der Waals surface area contributed by atoms with Crippen LogP contribution in [0.1, 0.15) is 16.1 Å². The average Bonchev–Trinajstić information content (AvgIpc) is 2.46. The van der Waals surface area contributed by atoms with Crippen LogP contribution >= 0.6 is 0 Å². The molecule has 2 N–H and O–H groups in total. The number of anilines is 2. The second kappa shape index (κ2) is 6.01. The highest BCUT2D eigenvalue weighted by Gasteiger charge is 2.09. The van der Waals surface area contributed by atoms with Crippen molar-refractivity contribution in [2.45, 2.75) is 6.92 Å². The minimum absolute atomic E-state index is 0.226. The number of carbonyl (C=O) groups excluding carboxylic acids is 1. The van der Waals surface area contributed by atoms with Gasteiger partial charge in [-0.1, -0.05) is 0 Å². The predicted molar refractivity (Wildman–Crippen MR) is 77.3 cm³/mol. The summed E-state index contributed by atoms with van der Waals surface area (Å²) in [6.07, 6.45) is 0. The van der Waals surface area contributed by atoms with E-state index in [1.807, 2.05) is 26.1 Å². The molecule has 0 atom stereocenters. The fourth-order valence-electron chi connectivity index (χ4n) is 1.66. The number of aryl methyl sites for hydroxylation is 1. The van der Waals surface area contributed by atoms with Gasteiger partial charge in [0.05, 0.1) is 7.11 Å². The summed E-state index contributed by atoms with van der Waals surface area (Å²) in [5.74, 6) is 0.378. The largest absolute Gasteiger partial charge is 0.481 e. The van der Waals surface area contributed by atoms with E-state index in [1.165, 1.54) is 7.11 Å². The smallest absolute Gasteiger partial charge is 0.258 e. The van der Waals surface area contributed by atoms with Crippen LogP contribution in [0.15, 0.2) is 30.3 Å². The Labute approximate surface area is 117 Å². The fraction of sp³-hybridized carbons (Fsp3) is 0.214. The van der Waals surface area contributed by atoms with Crippen LogP contribution in [-0.2, 0) is 0 Å². The maximum Gasteiger partial charge on any atom is 0.258 e. The molecule has 0 radical (unpaired) electrons. The van der Waals surface area contributed by atoms with E-state index >= 15 is 0 Å². The van der Waals surface area contributed by atoms with Gasteiger partial charge in [-0.15, -0.1) is 0 Å². The van der Waals surface area contributed by atoms with E-state index in [1.54, 1.807) is 18.2 Å². The number of hydrogen-bond donors (Lipinski definition) is 2. The number of nitrogens with one attached hydrogen (secondary N) is 2. The number of carbonyl (C=O) groups is 1. The first-order valence-electron chi connectivity index (χ1n) is 6.11. The Morgan fingerprint density at radius 3 is 2.50 bits per heavy atom. The minimum Gasteiger partial charge on any atom is -0.481 e. The Bertz CT molecular complexity index is 611. The van der Waals surface area contributed by atoms with Crippen LogP contribution in [-0.4, -0.2) is 30.0 Å². The molecule has 1 heterocycles. The lowest BCUT2D eigenvalue weighted by Gasteiger charge is -2.07. The SMILES string of the molecule is CNc1ccc(C(=O)Nc2nc(C)cc(OC)n2)cc1. The highest BCUT2D eigenvalue weighted by molar-refractivity contribution is 6.03. The number of hydrogen-bond acceptors (Lipinski definition) is 5. The summed E-state index contributed by atoms with van der Waals surface area (Å²) in [5.41, 5.74) is 2.20. The summed E-state index contributed by atoms with van der Waals surface area (Å²) >= 11 is 0. The molecule has 1 aromatic carbocycles. The highest BCUT2D eigenvalue weighted by atomic mass is 16.5. The highest BCUT2D eigenvalue weighted by Crippen LogP contribution is 2.13. The van der Waals surface area contributed by atoms with Gasteiger partial charge >= 0.3 is 0 Å². The van der Waals surface area contributed by atoms with Crippen molar-refractivity contribution in [3.63, 3.8) is 0 Å². The van der Waals surface area contributed by atoms with Gasteiger partial charge in [0.15, 0.2) is 0 Å². The topological polar surface area (TPSA) is 76.1 Å². The molecule has 0 saturated heterocycles. The molecule has 6 nitrogen and oxygen atoms in total. The molecule has 6 heteroatoms. The van der Waals surface area contributed by atoms with Crippen molar-refractivity contribution in [1.29, 1.82) is 0 Å². The lowest BCUT2D eigenvalue weighted by molar-refractivity contribution is 0.102. The van der Waals surface area contributed by atoms with E-state index in [9.17, 15) is 4.79 Å². The molecular weight excluding hydrogens is 256 g/mol. The number of methoxy groups -OCH3 is 1. The van der Waals surface area contributed by atoms with Crippen molar-refractivity contribution in [3.05, 3.63) is 41.6 Å². The van der Waals surface area contributed by atoms with E-state index in [0.717, 1.165) is 11.4 Å². The number of benzene rings is 1. The van der Waals surface area contributed by atoms with Gasteiger partial charge in [-0.25, -0.2) is 4.98 Å². The van der Waals surface area contributed by atoms with Crippen LogP contribution in [0.4, 0.5) is 11.6 Å². The van der Waals surface area contributed by atoms with Gasteiger partial charge in [0.25, 0.3) is 5.91 Å². The van der Waals surface area contributed by atoms with Crippen molar-refractivity contribution in [2.75, 3.05) is 24.8 Å². The first-order chi connectivity index (χ1) is 9.62. The number of amides is 1. The maximum atomic E-state index is 12.1. The van der Waals surface area contributed by atoms with E-state index < -0.39 is 0 Å². The molecular formula is C14H16N4O2. The van der Waals surface area contributed by atoms with Gasteiger partial charge in [0, 0.05) is 30.1 Å². The number of ether oxygens (including phenoxy) is 1. The van der Waals surface area contributed by atoms with Crippen LogP contribution in [0.5, 0.6) is 5.88 Å². The summed E-state index contributed by atoms with van der Waals surface area (Å²) in [6, 6.07) is 8.80. The monoisotopic (exact) mass is 272 g/mol. The Morgan fingerprint density at radius 2 is 1.90 bits per heavy atom. The third-order valence-corrected chi connectivity index (χ3v) is 2.70. The van der Waals surface area contributed by atoms with Crippen LogP contribution in [0.25, 0.3) is 0 Å². The van der Waals surface area contributed by atoms with Crippen molar-refractivity contribution in [2.24, 2.45) is 0 Å². The zero-order valence-corrected chi connectivity index (χ0v) is 11.6. The van der Waals surface area contributed by atoms with Crippen LogP contribution in [0.2, 0.25) is 0 Å². The van der Waals surface area contributed by atoms with Gasteiger partial charge in [-0.05, 0) is 31.2 Å². The molecule has 1 amide bonds. The Hall–Kier alpha value is -2.63. The molecule has 0 fully saturated rings. The molecule has 0 saturated carbocycles. The molecule has 2 rings (SSSR count). The summed E-state index contributed by atoms with van der Waals surface area (Å²) in [5, 5.41) is 5.64. The molecule has 20 heavy (non-hydrogen) atoms. The maximum absolute atomic E-state index is 12.1. The number of nitrogens with zero attached hydrogens (tertiary/aromatic N) is 2. The summed E-state index contributed by atoms with van der Waals surface area (Å²) < 4.78 is 5.04. The molecule has 1 aromatic heterocycles. The van der Waals surface area contributed by atoms with Gasteiger partial charge in [0.2, 0.25) is 11.8 Å². The van der Waals surface area contributed by atoms with Crippen LogP contribution in [0, 0.1) is 6.92 Å². The minimum atomic E-state index is -0.264. The van der Waals surface area contributed by atoms with E-state index in [4.69, 9.17) is 4.74 Å². The molecule has 0 aliphatic heterocycles.